The van der Waals surface area contributed by atoms with E-state index < -0.39 is 0 Å². The van der Waals surface area contributed by atoms with Crippen molar-refractivity contribution in [3.8, 4) is 28.8 Å². The maximum absolute atomic E-state index is 9.70. The third-order valence-corrected chi connectivity index (χ3v) is 6.61. The summed E-state index contributed by atoms with van der Waals surface area (Å²) in [5, 5.41) is 13.0. The molecule has 2 aliphatic heterocycles. The summed E-state index contributed by atoms with van der Waals surface area (Å²) in [4.78, 5) is 11.4. The van der Waals surface area contributed by atoms with Crippen LogP contribution in [0, 0.1) is 11.3 Å². The van der Waals surface area contributed by atoms with Crippen molar-refractivity contribution in [2.45, 2.75) is 25.4 Å². The first-order chi connectivity index (χ1) is 18.8. The SMILES string of the molecule is N#Cc1cc(-c2ccnc(Nc3ccc(OCCCN4CCOCC4)cc3)n2)ccc1OC1CCOCC1. The molecular formula is C29H33N5O4. The predicted molar refractivity (Wildman–Crippen MR) is 144 cm³/mol. The van der Waals surface area contributed by atoms with Gasteiger partial charge in [0.05, 0.1) is 44.3 Å². The van der Waals surface area contributed by atoms with Gasteiger partial charge in [0, 0.05) is 49.9 Å². The van der Waals surface area contributed by atoms with Crippen molar-refractivity contribution in [1.29, 1.82) is 5.26 Å². The van der Waals surface area contributed by atoms with Crippen molar-refractivity contribution in [3.63, 3.8) is 0 Å². The molecule has 9 heteroatoms. The van der Waals surface area contributed by atoms with Crippen LogP contribution < -0.4 is 14.8 Å². The van der Waals surface area contributed by atoms with E-state index in [9.17, 15) is 5.26 Å². The summed E-state index contributed by atoms with van der Waals surface area (Å²) in [6, 6.07) is 17.4. The van der Waals surface area contributed by atoms with Crippen molar-refractivity contribution in [1.82, 2.24) is 14.9 Å². The third kappa shape index (κ3) is 7.19. The average molecular weight is 516 g/mol. The standard InChI is InChI=1S/C29H33N5O4/c30-21-23-20-22(2-7-28(23)38-26-9-16-35-17-10-26)27-8-11-31-29(33-27)32-24-3-5-25(6-4-24)37-15-1-12-34-13-18-36-19-14-34/h2-8,11,20,26H,1,9-10,12-19H2,(H,31,32,33). The zero-order chi connectivity index (χ0) is 26.0. The van der Waals surface area contributed by atoms with Gasteiger partial charge in [0.25, 0.3) is 0 Å². The van der Waals surface area contributed by atoms with Crippen LogP contribution in [0.2, 0.25) is 0 Å². The van der Waals surface area contributed by atoms with E-state index in [-0.39, 0.29) is 6.10 Å². The summed E-state index contributed by atoms with van der Waals surface area (Å²) in [6.45, 7) is 6.72. The molecular weight excluding hydrogens is 482 g/mol. The Balaban J connectivity index is 1.16. The number of hydrogen-bond acceptors (Lipinski definition) is 9. The monoisotopic (exact) mass is 515 g/mol. The number of aromatic nitrogens is 2. The second kappa shape index (κ2) is 13.2. The molecule has 38 heavy (non-hydrogen) atoms. The van der Waals surface area contributed by atoms with Crippen molar-refractivity contribution in [3.05, 3.63) is 60.3 Å². The summed E-state index contributed by atoms with van der Waals surface area (Å²) >= 11 is 0. The predicted octanol–water partition coefficient (Wildman–Crippen LogP) is 4.42. The number of nitrogens with one attached hydrogen (secondary N) is 1. The van der Waals surface area contributed by atoms with Crippen LogP contribution in [0.15, 0.2) is 54.7 Å². The minimum Gasteiger partial charge on any atom is -0.494 e. The molecule has 2 aromatic carbocycles. The highest BCUT2D eigenvalue weighted by atomic mass is 16.5. The first-order valence-corrected chi connectivity index (χ1v) is 13.2. The molecule has 9 nitrogen and oxygen atoms in total. The van der Waals surface area contributed by atoms with E-state index in [0.29, 0.717) is 37.1 Å². The first-order valence-electron chi connectivity index (χ1n) is 13.2. The lowest BCUT2D eigenvalue weighted by atomic mass is 10.1. The Hall–Kier alpha value is -3.71. The lowest BCUT2D eigenvalue weighted by molar-refractivity contribution is 0.0254. The van der Waals surface area contributed by atoms with Crippen LogP contribution in [0.4, 0.5) is 11.6 Å². The van der Waals surface area contributed by atoms with E-state index in [0.717, 1.165) is 74.8 Å². The highest BCUT2D eigenvalue weighted by molar-refractivity contribution is 5.66. The molecule has 0 unspecified atom stereocenters. The summed E-state index contributed by atoms with van der Waals surface area (Å²) in [5.41, 5.74) is 2.90. The highest BCUT2D eigenvalue weighted by Gasteiger charge is 2.17. The number of nitrogens with zero attached hydrogens (tertiary/aromatic N) is 4. The van der Waals surface area contributed by atoms with Crippen molar-refractivity contribution in [2.24, 2.45) is 0 Å². The molecule has 0 atom stereocenters. The topological polar surface area (TPSA) is 102 Å². The van der Waals surface area contributed by atoms with Gasteiger partial charge in [-0.3, -0.25) is 4.90 Å². The minimum atomic E-state index is 0.0726. The van der Waals surface area contributed by atoms with Gasteiger partial charge in [0.1, 0.15) is 23.7 Å². The van der Waals surface area contributed by atoms with Gasteiger partial charge in [0.15, 0.2) is 0 Å². The summed E-state index contributed by atoms with van der Waals surface area (Å²) < 4.78 is 22.8. The van der Waals surface area contributed by atoms with Gasteiger partial charge in [0.2, 0.25) is 5.95 Å². The second-order valence-corrected chi connectivity index (χ2v) is 9.32. The molecule has 5 rings (SSSR count). The van der Waals surface area contributed by atoms with Gasteiger partial charge < -0.3 is 24.3 Å². The Morgan fingerprint density at radius 1 is 1.00 bits per heavy atom. The molecule has 0 radical (unpaired) electrons. The molecule has 3 heterocycles. The molecule has 0 amide bonds. The van der Waals surface area contributed by atoms with Gasteiger partial charge >= 0.3 is 0 Å². The number of nitriles is 1. The lowest BCUT2D eigenvalue weighted by Gasteiger charge is -2.26. The Morgan fingerprint density at radius 3 is 2.58 bits per heavy atom. The summed E-state index contributed by atoms with van der Waals surface area (Å²) in [7, 11) is 0. The molecule has 198 valence electrons. The smallest absolute Gasteiger partial charge is 0.227 e. The van der Waals surface area contributed by atoms with Gasteiger partial charge in [-0.05, 0) is 55.0 Å². The van der Waals surface area contributed by atoms with Crippen molar-refractivity contribution in [2.75, 3.05) is 58.0 Å². The number of anilines is 2. The summed E-state index contributed by atoms with van der Waals surface area (Å²) in [6.07, 6.45) is 4.42. The van der Waals surface area contributed by atoms with E-state index in [4.69, 9.17) is 18.9 Å². The van der Waals surface area contributed by atoms with Crippen LogP contribution >= 0.6 is 0 Å². The average Bonchev–Trinajstić information content (AvgIpc) is 2.98. The number of hydrogen-bond donors (Lipinski definition) is 1. The van der Waals surface area contributed by atoms with Crippen LogP contribution in [-0.4, -0.2) is 73.6 Å². The Labute approximate surface area is 223 Å². The van der Waals surface area contributed by atoms with Gasteiger partial charge in [-0.1, -0.05) is 0 Å². The number of benzene rings is 2. The maximum Gasteiger partial charge on any atom is 0.227 e. The molecule has 2 fully saturated rings. The fourth-order valence-electron chi connectivity index (χ4n) is 4.50. The molecule has 2 saturated heterocycles. The van der Waals surface area contributed by atoms with E-state index in [2.05, 4.69) is 26.3 Å². The van der Waals surface area contributed by atoms with Gasteiger partial charge in [-0.2, -0.15) is 5.26 Å². The van der Waals surface area contributed by atoms with Crippen LogP contribution in [0.5, 0.6) is 11.5 Å². The van der Waals surface area contributed by atoms with Gasteiger partial charge in [-0.15, -0.1) is 0 Å². The zero-order valence-corrected chi connectivity index (χ0v) is 21.5. The molecule has 1 N–H and O–H groups in total. The zero-order valence-electron chi connectivity index (χ0n) is 21.5. The first kappa shape index (κ1) is 25.9. The van der Waals surface area contributed by atoms with Crippen LogP contribution in [0.3, 0.4) is 0 Å². The summed E-state index contributed by atoms with van der Waals surface area (Å²) in [5.74, 6) is 1.90. The normalized spacial score (nSPS) is 16.5. The van der Waals surface area contributed by atoms with E-state index in [1.165, 1.54) is 0 Å². The molecule has 3 aromatic rings. The largest absolute Gasteiger partial charge is 0.494 e. The Bertz CT molecular complexity index is 1220. The fraction of sp³-hybridized carbons (Fsp3) is 0.414. The Kier molecular flexibility index (Phi) is 9.00. The maximum atomic E-state index is 9.70. The number of morpholine rings is 1. The van der Waals surface area contributed by atoms with Crippen LogP contribution in [-0.2, 0) is 9.47 Å². The van der Waals surface area contributed by atoms with Gasteiger partial charge in [-0.25, -0.2) is 9.97 Å². The second-order valence-electron chi connectivity index (χ2n) is 9.32. The quantitative estimate of drug-likeness (QED) is 0.393. The molecule has 0 bridgehead atoms. The van der Waals surface area contributed by atoms with Crippen LogP contribution in [0.25, 0.3) is 11.3 Å². The van der Waals surface area contributed by atoms with Crippen molar-refractivity contribution >= 4 is 11.6 Å². The number of ether oxygens (including phenoxy) is 4. The fourth-order valence-corrected chi connectivity index (χ4v) is 4.50. The number of rotatable bonds is 10. The molecule has 0 saturated carbocycles. The molecule has 1 aromatic heterocycles. The van der Waals surface area contributed by atoms with Crippen LogP contribution in [0.1, 0.15) is 24.8 Å². The third-order valence-electron chi connectivity index (χ3n) is 6.61. The van der Waals surface area contributed by atoms with E-state index in [1.807, 2.05) is 48.5 Å². The molecule has 2 aliphatic rings. The minimum absolute atomic E-state index is 0.0726. The van der Waals surface area contributed by atoms with E-state index in [1.54, 1.807) is 6.20 Å². The van der Waals surface area contributed by atoms with Crippen molar-refractivity contribution < 1.29 is 18.9 Å². The highest BCUT2D eigenvalue weighted by Crippen LogP contribution is 2.28. The molecule has 0 aliphatic carbocycles. The lowest BCUT2D eigenvalue weighted by Crippen LogP contribution is -2.37. The Morgan fingerprint density at radius 2 is 1.79 bits per heavy atom. The molecule has 0 spiro atoms. The van der Waals surface area contributed by atoms with E-state index >= 15 is 0 Å².